The fourth-order valence-electron chi connectivity index (χ4n) is 7.50. The molecule has 0 unspecified atom stereocenters. The van der Waals surface area contributed by atoms with Crippen LogP contribution in [0.5, 0.6) is 0 Å². The molecule has 4 nitrogen and oxygen atoms in total. The van der Waals surface area contributed by atoms with Crippen LogP contribution in [0, 0.1) is 24.3 Å². The number of aromatic nitrogens is 1. The molecule has 6 rings (SSSR count). The zero-order chi connectivity index (χ0) is 39.3. The fourth-order valence-corrected chi connectivity index (χ4v) is 11.3. The minimum absolute atomic E-state index is 0. The molecule has 2 aromatic heterocycles. The van der Waals surface area contributed by atoms with Gasteiger partial charge in [0.2, 0.25) is 0 Å². The van der Waals surface area contributed by atoms with Crippen molar-refractivity contribution in [2.45, 2.75) is 100.0 Å². The van der Waals surface area contributed by atoms with Crippen molar-refractivity contribution in [3.05, 3.63) is 132 Å². The third-order valence-electron chi connectivity index (χ3n) is 11.7. The van der Waals surface area contributed by atoms with Crippen molar-refractivity contribution in [1.29, 1.82) is 0 Å². The first-order valence-electron chi connectivity index (χ1n) is 19.6. The van der Waals surface area contributed by atoms with Crippen LogP contribution in [0.15, 0.2) is 120 Å². The maximum atomic E-state index is 12.0. The molecule has 0 amide bonds. The Kier molecular flexibility index (Phi) is 14.5. The van der Waals surface area contributed by atoms with Gasteiger partial charge >= 0.3 is 0 Å². The number of aliphatic hydroxyl groups is 1. The molecule has 1 N–H and O–H groups in total. The van der Waals surface area contributed by atoms with Crippen molar-refractivity contribution in [1.82, 2.24) is 4.98 Å². The first kappa shape index (κ1) is 43.6. The molecule has 0 bridgehead atoms. The van der Waals surface area contributed by atoms with Crippen molar-refractivity contribution in [2.24, 2.45) is 11.3 Å². The van der Waals surface area contributed by atoms with Crippen LogP contribution in [-0.4, -0.2) is 23.9 Å². The number of rotatable bonds is 11. The van der Waals surface area contributed by atoms with Gasteiger partial charge in [0, 0.05) is 54.8 Å². The van der Waals surface area contributed by atoms with Crippen molar-refractivity contribution < 1.29 is 34.4 Å². The minimum Gasteiger partial charge on any atom is -0.512 e. The Morgan fingerprint density at radius 3 is 1.91 bits per heavy atom. The summed E-state index contributed by atoms with van der Waals surface area (Å²) in [5.41, 5.74) is 4.82. The molecular weight excluding hydrogens is 871 g/mol. The second kappa shape index (κ2) is 18.2. The quantitative estimate of drug-likeness (QED) is 0.0609. The normalized spacial score (nSPS) is 12.4. The Bertz CT molecular complexity index is 2190. The summed E-state index contributed by atoms with van der Waals surface area (Å²) < 4.78 is 6.98. The first-order valence-corrected chi connectivity index (χ1v) is 22.1. The van der Waals surface area contributed by atoms with Gasteiger partial charge in [-0.3, -0.25) is 9.78 Å². The van der Waals surface area contributed by atoms with Gasteiger partial charge in [-0.2, -0.15) is 0 Å². The zero-order valence-electron chi connectivity index (χ0n) is 34.3. The van der Waals surface area contributed by atoms with E-state index in [1.165, 1.54) is 33.0 Å². The smallest absolute Gasteiger partial charge is 0.190 e. The monoisotopic (exact) mass is 929 g/mol. The van der Waals surface area contributed by atoms with E-state index in [1.54, 1.807) is 0 Å². The van der Waals surface area contributed by atoms with Crippen LogP contribution in [0.3, 0.4) is 0 Å². The Hall–Kier alpha value is -4.09. The summed E-state index contributed by atoms with van der Waals surface area (Å²) in [7, 11) is -2.42. The predicted octanol–water partition coefficient (Wildman–Crippen LogP) is 11.4. The van der Waals surface area contributed by atoms with Crippen molar-refractivity contribution >= 4 is 51.4 Å². The van der Waals surface area contributed by atoms with Crippen LogP contribution in [0.2, 0.25) is 6.55 Å². The van der Waals surface area contributed by atoms with Crippen LogP contribution in [0.1, 0.15) is 92.2 Å². The molecule has 0 saturated carbocycles. The summed E-state index contributed by atoms with van der Waals surface area (Å²) in [6.07, 6.45) is 6.74. The molecule has 0 fully saturated rings. The molecule has 2 heterocycles. The summed E-state index contributed by atoms with van der Waals surface area (Å²) in [4.78, 5) is 16.9. The van der Waals surface area contributed by atoms with Gasteiger partial charge in [0.1, 0.15) is 5.58 Å². The van der Waals surface area contributed by atoms with E-state index in [1.807, 2.05) is 40.8 Å². The number of allylic oxidation sites excluding steroid dienone is 2. The predicted molar refractivity (Wildman–Crippen MR) is 231 cm³/mol. The molecular formula is C49H58IrNO3Si-. The molecule has 6 aromatic rings. The average Bonchev–Trinajstić information content (AvgIpc) is 3.54. The van der Waals surface area contributed by atoms with Crippen LogP contribution >= 0.6 is 0 Å². The van der Waals surface area contributed by atoms with E-state index in [0.29, 0.717) is 0 Å². The van der Waals surface area contributed by atoms with E-state index in [9.17, 15) is 9.90 Å². The Morgan fingerprint density at radius 2 is 1.38 bits per heavy atom. The summed E-state index contributed by atoms with van der Waals surface area (Å²) in [6.45, 7) is 21.4. The largest absolute Gasteiger partial charge is 0.512 e. The maximum Gasteiger partial charge on any atom is 0.190 e. The third-order valence-corrected chi connectivity index (χ3v) is 16.0. The van der Waals surface area contributed by atoms with Gasteiger partial charge < -0.3 is 9.52 Å². The molecule has 6 heteroatoms. The molecule has 0 atom stereocenters. The second-order valence-electron chi connectivity index (χ2n) is 16.1. The molecule has 55 heavy (non-hydrogen) atoms. The number of aliphatic hydroxyl groups excluding tert-OH is 1. The van der Waals surface area contributed by atoms with E-state index in [2.05, 4.69) is 137 Å². The van der Waals surface area contributed by atoms with E-state index in [0.717, 1.165) is 58.7 Å². The van der Waals surface area contributed by atoms with Crippen LogP contribution < -0.4 is 15.8 Å². The maximum absolute atomic E-state index is 12.0. The topological polar surface area (TPSA) is 63.3 Å². The Balaban J connectivity index is 0.000000338. The fraction of sp³-hybridized carbons (Fsp3) is 0.347. The number of hydrogen-bond donors (Lipinski definition) is 1. The van der Waals surface area contributed by atoms with Gasteiger partial charge in [0.05, 0.1) is 11.1 Å². The Morgan fingerprint density at radius 1 is 0.836 bits per heavy atom. The molecule has 0 aliphatic heterocycles. The zero-order valence-corrected chi connectivity index (χ0v) is 37.7. The number of nitrogens with zero attached hydrogens (tertiary/aromatic N) is 1. The standard InChI is InChI=1S/C35H32NOSi.C14H26O2.Ir/c1-24-29-20-21-36-32(26-22-25-14-12-13-19-30(25)31(23-26)35(2,3)4)33(29)37-34(24)38(5,27-15-8-6-9-16-27)28-17-10-7-11-18-28;1-6-11(7-2)12(15)10-13(16)14(5,8-3)9-4;/h6-21,23H,1-5H3;10-11,15H,6-9H2,1-5H3;/q-1;;/b;12-10-;. The van der Waals surface area contributed by atoms with Crippen LogP contribution in [0.25, 0.3) is 33.0 Å². The number of pyridine rings is 1. The molecule has 291 valence electrons. The number of aryl methyl sites for hydroxylation is 1. The van der Waals surface area contributed by atoms with E-state index in [4.69, 9.17) is 9.40 Å². The number of carbonyl (C=O) groups is 1. The number of hydrogen-bond acceptors (Lipinski definition) is 4. The van der Waals surface area contributed by atoms with Crippen molar-refractivity contribution in [3.63, 3.8) is 0 Å². The van der Waals surface area contributed by atoms with Gasteiger partial charge in [-0.25, -0.2) is 0 Å². The van der Waals surface area contributed by atoms with Gasteiger partial charge in [-0.15, -0.1) is 29.1 Å². The number of furan rings is 1. The number of benzene rings is 4. The summed E-state index contributed by atoms with van der Waals surface area (Å²) in [5.74, 6) is 0.437. The average molecular weight is 929 g/mol. The Labute approximate surface area is 343 Å². The first-order chi connectivity index (χ1) is 25.7. The summed E-state index contributed by atoms with van der Waals surface area (Å²) in [5, 5.41) is 17.1. The molecule has 0 aliphatic rings. The van der Waals surface area contributed by atoms with Crippen LogP contribution in [-0.2, 0) is 30.3 Å². The molecule has 1 radical (unpaired) electrons. The van der Waals surface area contributed by atoms with E-state index in [-0.39, 0.29) is 48.4 Å². The summed E-state index contributed by atoms with van der Waals surface area (Å²) in [6, 6.07) is 38.2. The van der Waals surface area contributed by atoms with Gasteiger partial charge in [-0.1, -0.05) is 152 Å². The number of carbonyl (C=O) groups excluding carboxylic acids is 1. The minimum atomic E-state index is -2.42. The molecule has 0 spiro atoms. The van der Waals surface area contributed by atoms with E-state index < -0.39 is 8.07 Å². The van der Waals surface area contributed by atoms with Gasteiger partial charge in [-0.05, 0) is 60.0 Å². The molecule has 0 aliphatic carbocycles. The SMILES string of the molecule is CCC(CC)/C(O)=C/C(=O)C(C)(CC)CC.Cc1c([Si](C)(c2ccccc2)c2ccccc2)oc2c(-c3[c-]c4ccccc4c(C(C)(C)C)c3)nccc12.[Ir]. The second-order valence-corrected chi connectivity index (χ2v) is 19.9. The van der Waals surface area contributed by atoms with Gasteiger partial charge in [0.15, 0.2) is 13.9 Å². The van der Waals surface area contributed by atoms with Gasteiger partial charge in [0.25, 0.3) is 0 Å². The summed E-state index contributed by atoms with van der Waals surface area (Å²) >= 11 is 0. The molecule has 4 aromatic carbocycles. The number of fused-ring (bicyclic) bond motifs is 2. The van der Waals surface area contributed by atoms with Crippen LogP contribution in [0.4, 0.5) is 0 Å². The third kappa shape index (κ3) is 8.98. The van der Waals surface area contributed by atoms with Crippen molar-refractivity contribution in [2.75, 3.05) is 0 Å². The number of ketones is 1. The van der Waals surface area contributed by atoms with E-state index >= 15 is 0 Å². The molecule has 0 saturated heterocycles. The van der Waals surface area contributed by atoms with Crippen molar-refractivity contribution in [3.8, 4) is 11.3 Å².